The number of ether oxygens (including phenoxy) is 1. The molecule has 0 aromatic rings. The summed E-state index contributed by atoms with van der Waals surface area (Å²) in [7, 11) is -2.90. The average Bonchev–Trinajstić information content (AvgIpc) is 2.41. The van der Waals surface area contributed by atoms with Crippen molar-refractivity contribution in [2.75, 3.05) is 18.6 Å². The number of nitrogens with two attached hydrogens (primary N) is 1. The minimum Gasteiger partial charge on any atom is -0.377 e. The number of nitrogens with one attached hydrogen (secondary N) is 1. The molecule has 1 aliphatic carbocycles. The largest absolute Gasteiger partial charge is 0.377 e. The predicted molar refractivity (Wildman–Crippen MR) is 82.0 cm³/mol. The fraction of sp³-hybridized carbons (Fsp3) is 1.00. The van der Waals surface area contributed by atoms with E-state index in [-0.39, 0.29) is 17.9 Å². The predicted octanol–water partition coefficient (Wildman–Crippen LogP) is 1.63. The molecule has 0 heterocycles. The molecule has 0 saturated heterocycles. The molecular weight excluding hydrogens is 276 g/mol. The van der Waals surface area contributed by atoms with Crippen molar-refractivity contribution < 1.29 is 13.2 Å². The number of rotatable bonds is 9. The van der Waals surface area contributed by atoms with Gasteiger partial charge in [0.25, 0.3) is 0 Å². The number of sulfone groups is 1. The molecule has 2 unspecified atom stereocenters. The Bertz CT molecular complexity index is 353. The van der Waals surface area contributed by atoms with E-state index in [1.165, 1.54) is 38.4 Å². The van der Waals surface area contributed by atoms with Crippen molar-refractivity contribution in [1.29, 1.82) is 0 Å². The van der Waals surface area contributed by atoms with Gasteiger partial charge < -0.3 is 4.74 Å². The third-order valence-corrected chi connectivity index (χ3v) is 5.14. The molecule has 1 saturated carbocycles. The monoisotopic (exact) mass is 306 g/mol. The lowest BCUT2D eigenvalue weighted by Crippen LogP contribution is -2.49. The third kappa shape index (κ3) is 6.52. The second kappa shape index (κ2) is 8.97. The van der Waals surface area contributed by atoms with Gasteiger partial charge in [-0.1, -0.05) is 19.3 Å². The molecule has 1 aliphatic rings. The number of hydrogen-bond acceptors (Lipinski definition) is 5. The standard InChI is InChI=1S/C14H30N2O3S/c1-3-19-14(12-8-5-4-6-9-12)13(16-15)10-7-11-20(2,17)18/h12-14,16H,3-11,15H2,1-2H3. The van der Waals surface area contributed by atoms with Crippen LogP contribution < -0.4 is 11.3 Å². The van der Waals surface area contributed by atoms with Gasteiger partial charge in [-0.15, -0.1) is 0 Å². The fourth-order valence-electron chi connectivity index (χ4n) is 3.14. The summed E-state index contributed by atoms with van der Waals surface area (Å²) in [5.74, 6) is 6.44. The summed E-state index contributed by atoms with van der Waals surface area (Å²) in [6, 6.07) is 0.0415. The van der Waals surface area contributed by atoms with Gasteiger partial charge in [0.1, 0.15) is 9.84 Å². The Morgan fingerprint density at radius 3 is 2.45 bits per heavy atom. The van der Waals surface area contributed by atoms with Gasteiger partial charge in [-0.2, -0.15) is 0 Å². The highest BCUT2D eigenvalue weighted by atomic mass is 32.2. The van der Waals surface area contributed by atoms with Crippen molar-refractivity contribution in [3.05, 3.63) is 0 Å². The average molecular weight is 306 g/mol. The minimum absolute atomic E-state index is 0.0415. The minimum atomic E-state index is -2.90. The molecule has 0 aliphatic heterocycles. The Morgan fingerprint density at radius 1 is 1.30 bits per heavy atom. The first-order chi connectivity index (χ1) is 9.48. The lowest BCUT2D eigenvalue weighted by Gasteiger charge is -2.35. The first kappa shape index (κ1) is 17.9. The molecule has 0 radical (unpaired) electrons. The van der Waals surface area contributed by atoms with Crippen LogP contribution in [-0.4, -0.2) is 39.2 Å². The highest BCUT2D eigenvalue weighted by Crippen LogP contribution is 2.30. The normalized spacial score (nSPS) is 20.8. The first-order valence-electron chi connectivity index (χ1n) is 7.73. The third-order valence-electron chi connectivity index (χ3n) is 4.11. The second-order valence-corrected chi connectivity index (χ2v) is 8.12. The number of hydrogen-bond donors (Lipinski definition) is 2. The van der Waals surface area contributed by atoms with Crippen molar-refractivity contribution >= 4 is 9.84 Å². The maximum Gasteiger partial charge on any atom is 0.147 e. The van der Waals surface area contributed by atoms with Crippen molar-refractivity contribution in [1.82, 2.24) is 5.43 Å². The molecule has 3 N–H and O–H groups in total. The summed E-state index contributed by atoms with van der Waals surface area (Å²) in [5.41, 5.74) is 2.85. The molecule has 0 aromatic carbocycles. The molecule has 1 rings (SSSR count). The van der Waals surface area contributed by atoms with Crippen LogP contribution in [-0.2, 0) is 14.6 Å². The van der Waals surface area contributed by atoms with Crippen LogP contribution in [0.15, 0.2) is 0 Å². The first-order valence-corrected chi connectivity index (χ1v) is 9.79. The maximum absolute atomic E-state index is 11.2. The van der Waals surface area contributed by atoms with E-state index in [0.29, 0.717) is 18.9 Å². The topological polar surface area (TPSA) is 81.4 Å². The fourth-order valence-corrected chi connectivity index (χ4v) is 3.83. The Kier molecular flexibility index (Phi) is 8.02. The van der Waals surface area contributed by atoms with Crippen LogP contribution in [0, 0.1) is 5.92 Å². The van der Waals surface area contributed by atoms with Gasteiger partial charge in [0.2, 0.25) is 0 Å². The van der Waals surface area contributed by atoms with Crippen LogP contribution in [0.5, 0.6) is 0 Å². The zero-order valence-corrected chi connectivity index (χ0v) is 13.6. The van der Waals surface area contributed by atoms with Crippen LogP contribution >= 0.6 is 0 Å². The van der Waals surface area contributed by atoms with Gasteiger partial charge in [0, 0.05) is 24.7 Å². The van der Waals surface area contributed by atoms with Crippen LogP contribution in [0.2, 0.25) is 0 Å². The van der Waals surface area contributed by atoms with Gasteiger partial charge >= 0.3 is 0 Å². The van der Waals surface area contributed by atoms with Gasteiger partial charge in [-0.3, -0.25) is 11.3 Å². The molecule has 0 spiro atoms. The molecular formula is C14H30N2O3S. The van der Waals surface area contributed by atoms with Crippen LogP contribution in [0.3, 0.4) is 0 Å². The summed E-state index contributed by atoms with van der Waals surface area (Å²) < 4.78 is 28.4. The Labute approximate surface area is 123 Å². The molecule has 0 amide bonds. The quantitative estimate of drug-likeness (QED) is 0.500. The van der Waals surface area contributed by atoms with Crippen LogP contribution in [0.4, 0.5) is 0 Å². The smallest absolute Gasteiger partial charge is 0.147 e. The van der Waals surface area contributed by atoms with Gasteiger partial charge in [0.15, 0.2) is 0 Å². The molecule has 2 atom stereocenters. The van der Waals surface area contributed by atoms with Crippen molar-refractivity contribution in [2.45, 2.75) is 64.0 Å². The van der Waals surface area contributed by atoms with Gasteiger partial charge in [0.05, 0.1) is 6.10 Å². The summed E-state index contributed by atoms with van der Waals surface area (Å²) in [6.45, 7) is 2.67. The van der Waals surface area contributed by atoms with Crippen molar-refractivity contribution in [3.63, 3.8) is 0 Å². The second-order valence-electron chi connectivity index (χ2n) is 5.86. The Morgan fingerprint density at radius 2 is 1.95 bits per heavy atom. The Hall–Kier alpha value is -0.170. The molecule has 0 aromatic heterocycles. The molecule has 20 heavy (non-hydrogen) atoms. The van der Waals surface area contributed by atoms with Crippen LogP contribution in [0.1, 0.15) is 51.9 Å². The lowest BCUT2D eigenvalue weighted by molar-refractivity contribution is -0.0195. The van der Waals surface area contributed by atoms with E-state index >= 15 is 0 Å². The van der Waals surface area contributed by atoms with Gasteiger partial charge in [-0.05, 0) is 38.5 Å². The Balaban J connectivity index is 2.55. The summed E-state index contributed by atoms with van der Waals surface area (Å²) >= 11 is 0. The SMILES string of the molecule is CCOC(C1CCCCC1)C(CCCS(C)(=O)=O)NN. The van der Waals surface area contributed by atoms with E-state index in [1.807, 2.05) is 6.92 Å². The van der Waals surface area contributed by atoms with Crippen molar-refractivity contribution in [2.24, 2.45) is 11.8 Å². The molecule has 0 bridgehead atoms. The van der Waals surface area contributed by atoms with E-state index in [9.17, 15) is 8.42 Å². The highest BCUT2D eigenvalue weighted by molar-refractivity contribution is 7.90. The van der Waals surface area contributed by atoms with E-state index in [0.717, 1.165) is 6.42 Å². The molecule has 120 valence electrons. The lowest BCUT2D eigenvalue weighted by atomic mass is 9.81. The van der Waals surface area contributed by atoms with E-state index in [1.54, 1.807) is 0 Å². The summed E-state index contributed by atoms with van der Waals surface area (Å²) in [4.78, 5) is 0. The summed E-state index contributed by atoms with van der Waals surface area (Å²) in [5, 5.41) is 0. The van der Waals surface area contributed by atoms with E-state index in [2.05, 4.69) is 5.43 Å². The summed E-state index contributed by atoms with van der Waals surface area (Å²) in [6.07, 6.45) is 8.95. The van der Waals surface area contributed by atoms with E-state index < -0.39 is 9.84 Å². The van der Waals surface area contributed by atoms with E-state index in [4.69, 9.17) is 10.6 Å². The van der Waals surface area contributed by atoms with Crippen LogP contribution in [0.25, 0.3) is 0 Å². The zero-order chi connectivity index (χ0) is 15.0. The molecule has 6 heteroatoms. The molecule has 5 nitrogen and oxygen atoms in total. The van der Waals surface area contributed by atoms with Crippen molar-refractivity contribution in [3.8, 4) is 0 Å². The van der Waals surface area contributed by atoms with Gasteiger partial charge in [-0.25, -0.2) is 8.42 Å². The molecule has 1 fully saturated rings. The zero-order valence-electron chi connectivity index (χ0n) is 12.8. The number of hydrazine groups is 1. The highest BCUT2D eigenvalue weighted by Gasteiger charge is 2.30. The maximum atomic E-state index is 11.2.